The molecule has 4 nitrogen and oxygen atoms in total. The minimum atomic E-state index is -1.59. The van der Waals surface area contributed by atoms with Crippen LogP contribution in [0.4, 0.5) is 5.69 Å². The predicted octanol–water partition coefficient (Wildman–Crippen LogP) is 4.37. The van der Waals surface area contributed by atoms with E-state index in [0.29, 0.717) is 33.3 Å². The number of fused-ring (bicyclic) bond motifs is 1. The fourth-order valence-electron chi connectivity index (χ4n) is 3.00. The van der Waals surface area contributed by atoms with Crippen molar-refractivity contribution < 1.29 is 9.84 Å². The van der Waals surface area contributed by atoms with Gasteiger partial charge in [-0.1, -0.05) is 48.0 Å². The molecule has 5 heteroatoms. The number of hydrogen-bond acceptors (Lipinski definition) is 4. The monoisotopic (exact) mass is 350 g/mol. The molecule has 3 aromatic carbocycles. The lowest BCUT2D eigenvalue weighted by Gasteiger charge is -2.27. The molecule has 0 aliphatic carbocycles. The number of rotatable bonds is 3. The van der Waals surface area contributed by atoms with Gasteiger partial charge in [-0.15, -0.1) is 0 Å². The first kappa shape index (κ1) is 15.7. The van der Waals surface area contributed by atoms with E-state index in [1.54, 1.807) is 30.3 Å². The number of benzene rings is 3. The smallest absolute Gasteiger partial charge is 0.178 e. The van der Waals surface area contributed by atoms with E-state index in [9.17, 15) is 5.11 Å². The van der Waals surface area contributed by atoms with Crippen molar-refractivity contribution >= 4 is 23.1 Å². The third-order valence-corrected chi connectivity index (χ3v) is 4.44. The third-order valence-electron chi connectivity index (χ3n) is 4.21. The quantitative estimate of drug-likeness (QED) is 0.737. The van der Waals surface area contributed by atoms with Crippen LogP contribution in [0.25, 0.3) is 0 Å². The topological polar surface area (TPSA) is 67.8 Å². The Kier molecular flexibility index (Phi) is 3.71. The van der Waals surface area contributed by atoms with Crippen LogP contribution in [-0.4, -0.2) is 10.9 Å². The number of para-hydroxylation sites is 2. The lowest BCUT2D eigenvalue weighted by Crippen LogP contribution is -2.39. The van der Waals surface area contributed by atoms with Crippen LogP contribution in [-0.2, 0) is 5.60 Å². The van der Waals surface area contributed by atoms with Gasteiger partial charge in [0.25, 0.3) is 0 Å². The summed E-state index contributed by atoms with van der Waals surface area (Å²) in [5, 5.41) is 12.0. The number of halogens is 1. The molecule has 1 unspecified atom stereocenters. The van der Waals surface area contributed by atoms with Crippen LogP contribution in [0.3, 0.4) is 0 Å². The maximum absolute atomic E-state index is 11.5. The highest BCUT2D eigenvalue weighted by molar-refractivity contribution is 6.30. The highest BCUT2D eigenvalue weighted by atomic mass is 35.5. The second-order valence-corrected chi connectivity index (χ2v) is 6.22. The molecular weight excluding hydrogens is 336 g/mol. The lowest BCUT2D eigenvalue weighted by atomic mass is 9.86. The van der Waals surface area contributed by atoms with Gasteiger partial charge >= 0.3 is 0 Å². The summed E-state index contributed by atoms with van der Waals surface area (Å²) >= 11 is 6.12. The molecule has 0 spiro atoms. The average molecular weight is 351 g/mol. The molecule has 25 heavy (non-hydrogen) atoms. The van der Waals surface area contributed by atoms with Gasteiger partial charge in [0.15, 0.2) is 5.60 Å². The molecule has 3 aromatic rings. The van der Waals surface area contributed by atoms with E-state index < -0.39 is 5.60 Å². The van der Waals surface area contributed by atoms with Crippen molar-refractivity contribution in [1.29, 1.82) is 0 Å². The third kappa shape index (κ3) is 2.56. The zero-order valence-corrected chi connectivity index (χ0v) is 13.9. The van der Waals surface area contributed by atoms with E-state index in [1.807, 2.05) is 42.5 Å². The normalized spacial score (nSPS) is 18.6. The predicted molar refractivity (Wildman–Crippen MR) is 98.7 cm³/mol. The number of amidine groups is 1. The number of aliphatic hydroxyl groups is 1. The number of nitrogens with two attached hydrogens (primary N) is 1. The first-order valence-corrected chi connectivity index (χ1v) is 8.16. The fourth-order valence-corrected chi connectivity index (χ4v) is 3.17. The van der Waals surface area contributed by atoms with Crippen LogP contribution >= 0.6 is 11.6 Å². The molecular formula is C20H15ClN2O2. The summed E-state index contributed by atoms with van der Waals surface area (Å²) in [6, 6.07) is 21.7. The molecule has 1 heterocycles. The van der Waals surface area contributed by atoms with Crippen molar-refractivity contribution in [1.82, 2.24) is 0 Å². The summed E-state index contributed by atoms with van der Waals surface area (Å²) in [6.07, 6.45) is 0. The van der Waals surface area contributed by atoms with Gasteiger partial charge in [-0.3, -0.25) is 0 Å². The molecule has 0 amide bonds. The van der Waals surface area contributed by atoms with Crippen molar-refractivity contribution in [3.05, 3.63) is 88.9 Å². The van der Waals surface area contributed by atoms with E-state index in [0.717, 1.165) is 0 Å². The van der Waals surface area contributed by atoms with Crippen LogP contribution in [0, 0.1) is 0 Å². The number of aliphatic imine (C=N–C) groups is 1. The summed E-state index contributed by atoms with van der Waals surface area (Å²) in [5.74, 6) is 1.26. The lowest BCUT2D eigenvalue weighted by molar-refractivity contribution is 0.155. The van der Waals surface area contributed by atoms with Crippen molar-refractivity contribution in [2.45, 2.75) is 5.60 Å². The van der Waals surface area contributed by atoms with E-state index in [2.05, 4.69) is 4.99 Å². The number of ether oxygens (including phenoxy) is 1. The Bertz CT molecular complexity index is 972. The minimum Gasteiger partial charge on any atom is -0.457 e. The van der Waals surface area contributed by atoms with Gasteiger partial charge in [-0.05, 0) is 36.4 Å². The Hall–Kier alpha value is -2.82. The van der Waals surface area contributed by atoms with Gasteiger partial charge in [-0.25, -0.2) is 4.99 Å². The standard InChI is InChI=1S/C20H15ClN2O2/c21-13-10-11-17-16(12-13)20(24,19(22)23-17)15-8-4-5-9-18(15)25-14-6-2-1-3-7-14/h1-12,24H,(H2,22,23). The van der Waals surface area contributed by atoms with Crippen LogP contribution in [0.1, 0.15) is 11.1 Å². The van der Waals surface area contributed by atoms with Crippen molar-refractivity contribution in [3.63, 3.8) is 0 Å². The molecule has 0 saturated heterocycles. The summed E-state index contributed by atoms with van der Waals surface area (Å²) < 4.78 is 5.98. The Balaban J connectivity index is 1.86. The van der Waals surface area contributed by atoms with E-state index >= 15 is 0 Å². The van der Waals surface area contributed by atoms with E-state index in [4.69, 9.17) is 22.1 Å². The zero-order valence-electron chi connectivity index (χ0n) is 13.2. The van der Waals surface area contributed by atoms with E-state index in [-0.39, 0.29) is 5.84 Å². The Morgan fingerprint density at radius 1 is 0.920 bits per heavy atom. The molecule has 3 N–H and O–H groups in total. The van der Waals surface area contributed by atoms with Gasteiger partial charge in [0.2, 0.25) is 0 Å². The van der Waals surface area contributed by atoms with Gasteiger partial charge in [-0.2, -0.15) is 0 Å². The Morgan fingerprint density at radius 3 is 2.44 bits per heavy atom. The second kappa shape index (κ2) is 5.92. The molecule has 0 radical (unpaired) electrons. The average Bonchev–Trinajstić information content (AvgIpc) is 2.88. The molecule has 124 valence electrons. The van der Waals surface area contributed by atoms with Crippen LogP contribution in [0.5, 0.6) is 11.5 Å². The maximum atomic E-state index is 11.5. The molecule has 1 atom stereocenters. The van der Waals surface area contributed by atoms with Crippen molar-refractivity contribution in [3.8, 4) is 11.5 Å². The van der Waals surface area contributed by atoms with Gasteiger partial charge in [0.1, 0.15) is 17.3 Å². The Morgan fingerprint density at radius 2 is 1.64 bits per heavy atom. The van der Waals surface area contributed by atoms with Gasteiger partial charge in [0, 0.05) is 16.1 Å². The minimum absolute atomic E-state index is 0.0916. The molecule has 0 saturated carbocycles. The maximum Gasteiger partial charge on any atom is 0.178 e. The second-order valence-electron chi connectivity index (χ2n) is 5.78. The molecule has 4 rings (SSSR count). The zero-order chi connectivity index (χ0) is 17.4. The summed E-state index contributed by atoms with van der Waals surface area (Å²) in [4.78, 5) is 4.30. The van der Waals surface area contributed by atoms with Crippen LogP contribution < -0.4 is 10.5 Å². The first-order chi connectivity index (χ1) is 12.1. The van der Waals surface area contributed by atoms with Gasteiger partial charge in [0.05, 0.1) is 5.69 Å². The molecule has 1 aliphatic rings. The SMILES string of the molecule is NC1=Nc2ccc(Cl)cc2C1(O)c1ccccc1Oc1ccccc1. The van der Waals surface area contributed by atoms with Crippen LogP contribution in [0.15, 0.2) is 77.8 Å². The highest BCUT2D eigenvalue weighted by Crippen LogP contribution is 2.46. The van der Waals surface area contributed by atoms with E-state index in [1.165, 1.54) is 0 Å². The Labute approximate surface area is 150 Å². The molecule has 0 aromatic heterocycles. The van der Waals surface area contributed by atoms with Crippen molar-refractivity contribution in [2.24, 2.45) is 10.7 Å². The highest BCUT2D eigenvalue weighted by Gasteiger charge is 2.44. The van der Waals surface area contributed by atoms with Crippen molar-refractivity contribution in [2.75, 3.05) is 0 Å². The largest absolute Gasteiger partial charge is 0.457 e. The summed E-state index contributed by atoms with van der Waals surface area (Å²) in [7, 11) is 0. The molecule has 0 fully saturated rings. The fraction of sp³-hybridized carbons (Fsp3) is 0.0500. The van der Waals surface area contributed by atoms with Gasteiger partial charge < -0.3 is 15.6 Å². The number of hydrogen-bond donors (Lipinski definition) is 2. The molecule has 1 aliphatic heterocycles. The molecule has 0 bridgehead atoms. The van der Waals surface area contributed by atoms with Crippen LogP contribution in [0.2, 0.25) is 5.02 Å². The summed E-state index contributed by atoms with van der Waals surface area (Å²) in [5.41, 5.74) is 6.17. The summed E-state index contributed by atoms with van der Waals surface area (Å²) in [6.45, 7) is 0. The number of nitrogens with zero attached hydrogens (tertiary/aromatic N) is 1. The first-order valence-electron chi connectivity index (χ1n) is 7.78.